The van der Waals surface area contributed by atoms with Gasteiger partial charge in [0.2, 0.25) is 0 Å². The molecule has 0 aromatic rings. The quantitative estimate of drug-likeness (QED) is 0.472. The fourth-order valence-electron chi connectivity index (χ4n) is 1.38. The lowest BCUT2D eigenvalue weighted by molar-refractivity contribution is -0.139. The number of hydrogen-bond acceptors (Lipinski definition) is 5. The average molecular weight is 308 g/mol. The van der Waals surface area contributed by atoms with Crippen LogP contribution in [0.25, 0.3) is 0 Å². The van der Waals surface area contributed by atoms with Crippen LogP contribution in [0.15, 0.2) is 12.7 Å². The number of aliphatic carboxylic acids is 1. The van der Waals surface area contributed by atoms with Crippen molar-refractivity contribution < 1.29 is 28.2 Å². The second kappa shape index (κ2) is 8.54. The molecule has 20 heavy (non-hydrogen) atoms. The predicted octanol–water partition coefficient (Wildman–Crippen LogP) is -0.936. The summed E-state index contributed by atoms with van der Waals surface area (Å²) in [6, 6.07) is -2.00. The molecule has 0 rings (SSSR count). The van der Waals surface area contributed by atoms with Crippen LogP contribution in [0, 0.1) is 0 Å². The number of carbonyl (C=O) groups is 2. The molecule has 0 spiro atoms. The molecule has 0 fully saturated rings. The van der Waals surface area contributed by atoms with E-state index in [1.807, 2.05) is 0 Å². The number of aliphatic hydroxyl groups is 1. The summed E-state index contributed by atoms with van der Waals surface area (Å²) >= 11 is 0. The van der Waals surface area contributed by atoms with Crippen molar-refractivity contribution in [2.75, 3.05) is 31.7 Å². The maximum absolute atomic E-state index is 11.8. The highest BCUT2D eigenvalue weighted by Crippen LogP contribution is 1.99. The number of rotatable bonds is 9. The normalized spacial score (nSPS) is 12.5. The number of sulfone groups is 1. The van der Waals surface area contributed by atoms with Crippen molar-refractivity contribution in [3.05, 3.63) is 12.7 Å². The molecule has 0 aliphatic carbocycles. The zero-order chi connectivity index (χ0) is 15.8. The second-order valence-electron chi connectivity index (χ2n) is 4.22. The first kappa shape index (κ1) is 18.4. The van der Waals surface area contributed by atoms with Gasteiger partial charge in [0.1, 0.15) is 15.9 Å². The van der Waals surface area contributed by atoms with Gasteiger partial charge in [-0.05, 0) is 6.42 Å². The molecule has 9 heteroatoms. The van der Waals surface area contributed by atoms with Crippen LogP contribution in [-0.4, -0.2) is 73.3 Å². The van der Waals surface area contributed by atoms with Crippen molar-refractivity contribution in [2.45, 2.75) is 12.5 Å². The van der Waals surface area contributed by atoms with Crippen LogP contribution in [0.4, 0.5) is 4.79 Å². The Kier molecular flexibility index (Phi) is 7.85. The number of hydrogen-bond donors (Lipinski definition) is 3. The van der Waals surface area contributed by atoms with Crippen molar-refractivity contribution in [3.8, 4) is 0 Å². The van der Waals surface area contributed by atoms with Gasteiger partial charge in [0, 0.05) is 19.3 Å². The minimum atomic E-state index is -3.31. The van der Waals surface area contributed by atoms with Gasteiger partial charge in [-0.25, -0.2) is 18.0 Å². The zero-order valence-electron chi connectivity index (χ0n) is 11.3. The summed E-state index contributed by atoms with van der Waals surface area (Å²) < 4.78 is 22.0. The number of carboxylic acid groups (broad SMARTS) is 1. The van der Waals surface area contributed by atoms with Crippen LogP contribution in [0.5, 0.6) is 0 Å². The minimum Gasteiger partial charge on any atom is -0.480 e. The molecular weight excluding hydrogens is 288 g/mol. The fourth-order valence-corrected chi connectivity index (χ4v) is 2.05. The van der Waals surface area contributed by atoms with E-state index in [4.69, 9.17) is 10.2 Å². The van der Waals surface area contributed by atoms with Gasteiger partial charge in [-0.15, -0.1) is 6.58 Å². The Morgan fingerprint density at radius 2 is 2.05 bits per heavy atom. The first-order valence-corrected chi connectivity index (χ1v) is 7.95. The van der Waals surface area contributed by atoms with Crippen LogP contribution < -0.4 is 5.32 Å². The summed E-state index contributed by atoms with van der Waals surface area (Å²) in [7, 11) is -3.31. The summed E-state index contributed by atoms with van der Waals surface area (Å²) in [6.07, 6.45) is 2.20. The van der Waals surface area contributed by atoms with E-state index in [1.165, 1.54) is 11.0 Å². The third kappa shape index (κ3) is 7.74. The second-order valence-corrected chi connectivity index (χ2v) is 6.48. The Balaban J connectivity index is 4.67. The van der Waals surface area contributed by atoms with E-state index in [0.717, 1.165) is 6.26 Å². The van der Waals surface area contributed by atoms with Crippen molar-refractivity contribution in [2.24, 2.45) is 0 Å². The van der Waals surface area contributed by atoms with Gasteiger partial charge in [-0.1, -0.05) is 6.08 Å². The van der Waals surface area contributed by atoms with Crippen molar-refractivity contribution in [1.82, 2.24) is 10.2 Å². The molecule has 0 aliphatic rings. The van der Waals surface area contributed by atoms with E-state index in [1.54, 1.807) is 0 Å². The van der Waals surface area contributed by atoms with Crippen molar-refractivity contribution >= 4 is 21.8 Å². The molecule has 116 valence electrons. The molecular formula is C11H20N2O6S. The average Bonchev–Trinajstić information content (AvgIpc) is 2.32. The lowest BCUT2D eigenvalue weighted by Gasteiger charge is -2.23. The number of carboxylic acids is 1. The molecule has 0 aromatic heterocycles. The van der Waals surface area contributed by atoms with Gasteiger partial charge >= 0.3 is 12.0 Å². The van der Waals surface area contributed by atoms with E-state index in [2.05, 4.69) is 11.9 Å². The van der Waals surface area contributed by atoms with Crippen LogP contribution in [0.1, 0.15) is 6.42 Å². The van der Waals surface area contributed by atoms with E-state index >= 15 is 0 Å². The van der Waals surface area contributed by atoms with E-state index < -0.39 is 27.9 Å². The predicted molar refractivity (Wildman–Crippen MR) is 73.1 cm³/mol. The number of amides is 2. The largest absolute Gasteiger partial charge is 0.480 e. The summed E-state index contributed by atoms with van der Waals surface area (Å²) in [5, 5.41) is 20.0. The molecule has 8 nitrogen and oxygen atoms in total. The van der Waals surface area contributed by atoms with Crippen molar-refractivity contribution in [1.29, 1.82) is 0 Å². The molecule has 0 aliphatic heterocycles. The Morgan fingerprint density at radius 1 is 1.45 bits per heavy atom. The van der Waals surface area contributed by atoms with Gasteiger partial charge in [0.05, 0.1) is 12.4 Å². The molecule has 0 bridgehead atoms. The first-order valence-electron chi connectivity index (χ1n) is 5.89. The molecule has 1 unspecified atom stereocenters. The van der Waals surface area contributed by atoms with Crippen LogP contribution in [0.2, 0.25) is 0 Å². The SMILES string of the molecule is C=CCN(CCO)C(=O)NC(CCS(C)(=O)=O)C(=O)O. The molecule has 0 aromatic carbocycles. The molecule has 0 saturated carbocycles. The number of carbonyl (C=O) groups excluding carboxylic acids is 1. The molecule has 3 N–H and O–H groups in total. The minimum absolute atomic E-state index is 0.0241. The summed E-state index contributed by atoms with van der Waals surface area (Å²) in [5.41, 5.74) is 0. The standard InChI is InChI=1S/C11H20N2O6S/c1-3-5-13(6-7-14)11(17)12-9(10(15)16)4-8-20(2,18)19/h3,9,14H,1,4-8H2,2H3,(H,12,17)(H,15,16). The highest BCUT2D eigenvalue weighted by Gasteiger charge is 2.23. The molecule has 1 atom stereocenters. The highest BCUT2D eigenvalue weighted by molar-refractivity contribution is 7.90. The molecule has 0 saturated heterocycles. The van der Waals surface area contributed by atoms with Crippen LogP contribution >= 0.6 is 0 Å². The van der Waals surface area contributed by atoms with Crippen LogP contribution in [-0.2, 0) is 14.6 Å². The number of nitrogens with one attached hydrogen (secondary N) is 1. The topological polar surface area (TPSA) is 124 Å². The number of urea groups is 1. The molecule has 2 amide bonds. The van der Waals surface area contributed by atoms with E-state index in [0.29, 0.717) is 0 Å². The summed E-state index contributed by atoms with van der Waals surface area (Å²) in [5.74, 6) is -1.66. The summed E-state index contributed by atoms with van der Waals surface area (Å²) in [6.45, 7) is 3.34. The van der Waals surface area contributed by atoms with E-state index in [-0.39, 0.29) is 31.9 Å². The van der Waals surface area contributed by atoms with Gasteiger partial charge in [-0.2, -0.15) is 0 Å². The Hall–Kier alpha value is -1.61. The lowest BCUT2D eigenvalue weighted by atomic mass is 10.2. The Bertz CT molecular complexity index is 448. The van der Waals surface area contributed by atoms with Gasteiger partial charge in [-0.3, -0.25) is 0 Å². The Labute approximate surface area is 118 Å². The van der Waals surface area contributed by atoms with Gasteiger partial charge in [0.15, 0.2) is 0 Å². The molecule has 0 heterocycles. The lowest BCUT2D eigenvalue weighted by Crippen LogP contribution is -2.49. The first-order chi connectivity index (χ1) is 9.21. The third-order valence-corrected chi connectivity index (χ3v) is 3.36. The number of nitrogens with zero attached hydrogens (tertiary/aromatic N) is 1. The monoisotopic (exact) mass is 308 g/mol. The van der Waals surface area contributed by atoms with Crippen LogP contribution in [0.3, 0.4) is 0 Å². The Morgan fingerprint density at radius 3 is 2.45 bits per heavy atom. The summed E-state index contributed by atoms with van der Waals surface area (Å²) in [4.78, 5) is 24.0. The van der Waals surface area contributed by atoms with Crippen molar-refractivity contribution in [3.63, 3.8) is 0 Å². The highest BCUT2D eigenvalue weighted by atomic mass is 32.2. The molecule has 0 radical (unpaired) electrons. The number of aliphatic hydroxyl groups excluding tert-OH is 1. The smallest absolute Gasteiger partial charge is 0.326 e. The zero-order valence-corrected chi connectivity index (χ0v) is 12.1. The maximum Gasteiger partial charge on any atom is 0.326 e. The van der Waals surface area contributed by atoms with E-state index in [9.17, 15) is 18.0 Å². The van der Waals surface area contributed by atoms with Gasteiger partial charge in [0.25, 0.3) is 0 Å². The third-order valence-electron chi connectivity index (χ3n) is 2.38. The van der Waals surface area contributed by atoms with Gasteiger partial charge < -0.3 is 20.4 Å². The fraction of sp³-hybridized carbons (Fsp3) is 0.636. The maximum atomic E-state index is 11.8.